The number of piperidine rings is 1. The van der Waals surface area contributed by atoms with Crippen LogP contribution in [0.4, 0.5) is 33.5 Å². The molecule has 8 nitrogen and oxygen atoms in total. The fraction of sp³-hybridized carbons (Fsp3) is 0.517. The van der Waals surface area contributed by atoms with Crippen molar-refractivity contribution >= 4 is 34.0 Å². The fourth-order valence-electron chi connectivity index (χ4n) is 6.79. The summed E-state index contributed by atoms with van der Waals surface area (Å²) in [5, 5.41) is 8.98. The molecule has 1 aromatic carbocycles. The predicted octanol–water partition coefficient (Wildman–Crippen LogP) is 6.03. The zero-order chi connectivity index (χ0) is 30.7. The van der Waals surface area contributed by atoms with Gasteiger partial charge in [0.15, 0.2) is 5.82 Å². The molecule has 3 saturated heterocycles. The molecule has 2 N–H and O–H groups in total. The topological polar surface area (TPSA) is 104 Å². The van der Waals surface area contributed by atoms with E-state index < -0.39 is 45.5 Å². The molecule has 4 atom stereocenters. The Morgan fingerprint density at radius 2 is 2.02 bits per heavy atom. The molecule has 43 heavy (non-hydrogen) atoms. The quantitative estimate of drug-likeness (QED) is 0.272. The molecule has 14 heteroatoms. The van der Waals surface area contributed by atoms with Gasteiger partial charge in [0.1, 0.15) is 29.8 Å². The third-order valence-electron chi connectivity index (χ3n) is 8.90. The number of nitrogen functional groups attached to an aromatic ring is 1. The molecule has 6 rings (SSSR count). The summed E-state index contributed by atoms with van der Waals surface area (Å²) in [6, 6.07) is 4.04. The number of aromatic nitrogens is 3. The molecule has 3 fully saturated rings. The van der Waals surface area contributed by atoms with Crippen molar-refractivity contribution in [3.05, 3.63) is 34.7 Å². The number of alkyl halides is 4. The van der Waals surface area contributed by atoms with E-state index in [2.05, 4.69) is 25.9 Å². The molecule has 228 valence electrons. The van der Waals surface area contributed by atoms with Crippen LogP contribution in [0.25, 0.3) is 22.2 Å². The van der Waals surface area contributed by atoms with Gasteiger partial charge in [-0.1, -0.05) is 18.5 Å². The van der Waals surface area contributed by atoms with Crippen molar-refractivity contribution in [1.82, 2.24) is 19.9 Å². The third kappa shape index (κ3) is 5.29. The van der Waals surface area contributed by atoms with Crippen molar-refractivity contribution in [2.24, 2.45) is 11.8 Å². The summed E-state index contributed by atoms with van der Waals surface area (Å²) in [6.45, 7) is 3.93. The van der Waals surface area contributed by atoms with E-state index in [1.54, 1.807) is 0 Å². The highest BCUT2D eigenvalue weighted by molar-refractivity contribution is 6.32. The number of pyridine rings is 1. The highest BCUT2D eigenvalue weighted by Gasteiger charge is 2.49. The molecule has 0 spiro atoms. The number of hydrogen-bond donors (Lipinski definition) is 1. The second-order valence-corrected chi connectivity index (χ2v) is 12.2. The maximum absolute atomic E-state index is 16.3. The fourth-order valence-corrected chi connectivity index (χ4v) is 7.13. The van der Waals surface area contributed by atoms with Crippen LogP contribution in [0.3, 0.4) is 0 Å². The SMILES string of the molecule is CC1CN(c2nc(OC[C@@]34CCCN3C[C@H](F)C4)nc3c(F)c(-c4cc(N)cc(Cl)c4C(F)(F)F)ncc23)CCC1C#N. The van der Waals surface area contributed by atoms with Crippen molar-refractivity contribution in [3.63, 3.8) is 0 Å². The molecule has 3 aliphatic rings. The number of anilines is 2. The van der Waals surface area contributed by atoms with Gasteiger partial charge in [0.2, 0.25) is 0 Å². The normalized spacial score (nSPS) is 26.1. The molecule has 3 aromatic rings. The van der Waals surface area contributed by atoms with Gasteiger partial charge in [-0.2, -0.15) is 28.4 Å². The van der Waals surface area contributed by atoms with E-state index in [4.69, 9.17) is 22.1 Å². The number of rotatable bonds is 5. The molecule has 0 saturated carbocycles. The number of fused-ring (bicyclic) bond motifs is 2. The Bertz CT molecular complexity index is 1620. The zero-order valence-corrected chi connectivity index (χ0v) is 24.0. The van der Waals surface area contributed by atoms with E-state index in [0.717, 1.165) is 31.5 Å². The van der Waals surface area contributed by atoms with Crippen LogP contribution < -0.4 is 15.4 Å². The van der Waals surface area contributed by atoms with Gasteiger partial charge in [-0.05, 0) is 43.9 Å². The number of halogens is 6. The van der Waals surface area contributed by atoms with E-state index in [0.29, 0.717) is 38.3 Å². The Labute approximate surface area is 249 Å². The Balaban J connectivity index is 1.47. The number of hydrogen-bond acceptors (Lipinski definition) is 8. The van der Waals surface area contributed by atoms with Gasteiger partial charge in [0.25, 0.3) is 0 Å². The molecular formula is C29H29ClF5N7O. The summed E-state index contributed by atoms with van der Waals surface area (Å²) in [5.74, 6) is -1.03. The lowest BCUT2D eigenvalue weighted by Crippen LogP contribution is -2.43. The molecule has 0 radical (unpaired) electrons. The smallest absolute Gasteiger partial charge is 0.418 e. The number of nitrogens with two attached hydrogens (primary N) is 1. The van der Waals surface area contributed by atoms with Crippen LogP contribution in [-0.2, 0) is 6.18 Å². The first-order chi connectivity index (χ1) is 20.4. The van der Waals surface area contributed by atoms with Crippen LogP contribution in [0.2, 0.25) is 5.02 Å². The van der Waals surface area contributed by atoms with Gasteiger partial charge in [-0.15, -0.1) is 0 Å². The minimum atomic E-state index is -4.92. The third-order valence-corrected chi connectivity index (χ3v) is 9.19. The molecule has 2 unspecified atom stereocenters. The predicted molar refractivity (Wildman–Crippen MR) is 151 cm³/mol. The maximum Gasteiger partial charge on any atom is 0.418 e. The summed E-state index contributed by atoms with van der Waals surface area (Å²) < 4.78 is 78.9. The minimum absolute atomic E-state index is 0.0279. The van der Waals surface area contributed by atoms with Crippen LogP contribution in [0.15, 0.2) is 18.3 Å². The Hall–Kier alpha value is -3.50. The van der Waals surface area contributed by atoms with E-state index in [1.165, 1.54) is 6.20 Å². The lowest BCUT2D eigenvalue weighted by atomic mass is 9.88. The summed E-state index contributed by atoms with van der Waals surface area (Å²) in [4.78, 5) is 16.9. The van der Waals surface area contributed by atoms with Crippen LogP contribution >= 0.6 is 11.6 Å². The monoisotopic (exact) mass is 621 g/mol. The van der Waals surface area contributed by atoms with Gasteiger partial charge < -0.3 is 15.4 Å². The lowest BCUT2D eigenvalue weighted by Gasteiger charge is -2.35. The van der Waals surface area contributed by atoms with Crippen molar-refractivity contribution < 1.29 is 26.7 Å². The minimum Gasteiger partial charge on any atom is -0.461 e. The second kappa shape index (κ2) is 10.9. The number of nitriles is 1. The molecule has 5 heterocycles. The number of ether oxygens (including phenoxy) is 1. The van der Waals surface area contributed by atoms with E-state index in [9.17, 15) is 22.8 Å². The first-order valence-electron chi connectivity index (χ1n) is 14.1. The Morgan fingerprint density at radius 1 is 1.23 bits per heavy atom. The molecule has 0 bridgehead atoms. The molecule has 0 aliphatic carbocycles. The van der Waals surface area contributed by atoms with Gasteiger partial charge >= 0.3 is 12.2 Å². The maximum atomic E-state index is 16.3. The molecular weight excluding hydrogens is 593 g/mol. The molecule has 0 amide bonds. The number of benzene rings is 1. The van der Waals surface area contributed by atoms with E-state index in [-0.39, 0.29) is 41.0 Å². The van der Waals surface area contributed by atoms with Crippen molar-refractivity contribution in [3.8, 4) is 23.3 Å². The summed E-state index contributed by atoms with van der Waals surface area (Å²) >= 11 is 5.93. The van der Waals surface area contributed by atoms with Gasteiger partial charge in [-0.25, -0.2) is 8.78 Å². The van der Waals surface area contributed by atoms with Crippen LogP contribution in [0.5, 0.6) is 6.01 Å². The van der Waals surface area contributed by atoms with Crippen molar-refractivity contribution in [2.45, 2.75) is 50.5 Å². The van der Waals surface area contributed by atoms with E-state index in [1.807, 2.05) is 11.8 Å². The average Bonchev–Trinajstić information content (AvgIpc) is 3.46. The standard InChI is InChI=1S/C29H29ClF5N7O/c1-15-12-41(6-3-16(15)10-36)26-20-11-38-24(19-7-18(37)8-21(30)22(19)29(33,34)35)23(32)25(20)39-27(40-26)43-14-28-4-2-5-42(28)13-17(31)9-28/h7-8,11,15-17H,2-6,9,12-14,37H2,1H3/t15?,16?,17-,28+/m1/s1. The van der Waals surface area contributed by atoms with Gasteiger partial charge in [-0.3, -0.25) is 9.88 Å². The van der Waals surface area contributed by atoms with Crippen LogP contribution in [0, 0.1) is 29.0 Å². The first-order valence-corrected chi connectivity index (χ1v) is 14.5. The highest BCUT2D eigenvalue weighted by atomic mass is 35.5. The summed E-state index contributed by atoms with van der Waals surface area (Å²) in [7, 11) is 0. The number of nitrogens with zero attached hydrogens (tertiary/aromatic N) is 6. The zero-order valence-electron chi connectivity index (χ0n) is 23.3. The lowest BCUT2D eigenvalue weighted by molar-refractivity contribution is -0.137. The first kappa shape index (κ1) is 29.6. The largest absolute Gasteiger partial charge is 0.461 e. The van der Waals surface area contributed by atoms with Crippen LogP contribution in [0.1, 0.15) is 38.2 Å². The highest BCUT2D eigenvalue weighted by Crippen LogP contribution is 2.45. The van der Waals surface area contributed by atoms with E-state index >= 15 is 4.39 Å². The van der Waals surface area contributed by atoms with Gasteiger partial charge in [0.05, 0.1) is 33.5 Å². The summed E-state index contributed by atoms with van der Waals surface area (Å²) in [6.07, 6.45) is -2.22. The van der Waals surface area contributed by atoms with Crippen LogP contribution in [-0.4, -0.2) is 64.3 Å². The summed E-state index contributed by atoms with van der Waals surface area (Å²) in [5.41, 5.74) is 2.36. The van der Waals surface area contributed by atoms with Gasteiger partial charge in [0, 0.05) is 43.5 Å². The molecule has 2 aromatic heterocycles. The average molecular weight is 622 g/mol. The Kier molecular flexibility index (Phi) is 7.49. The van der Waals surface area contributed by atoms with Crippen molar-refractivity contribution in [2.75, 3.05) is 43.4 Å². The molecule has 3 aliphatic heterocycles. The Morgan fingerprint density at radius 3 is 2.74 bits per heavy atom. The second-order valence-electron chi connectivity index (χ2n) is 11.7. The van der Waals surface area contributed by atoms with Crippen molar-refractivity contribution in [1.29, 1.82) is 5.26 Å².